The van der Waals surface area contributed by atoms with Crippen LogP contribution < -0.4 is 5.32 Å². The molecule has 1 aliphatic heterocycles. The standard InChI is InChI=1S/C22H20F5N5O3/c1-12-16(10-30-17-7-6-14(9-29-17)22(25,26)27)32(11-21(23,24)35-12)20(33)18-19(34-13(2)31-18)15-5-3-4-8-28-15/h3-9,12,16H,10-11H2,1-2H3,(H,29,30)/t12-,16+/m0/s1. The van der Waals surface area contributed by atoms with E-state index in [4.69, 9.17) is 9.15 Å². The fourth-order valence-electron chi connectivity index (χ4n) is 3.71. The Labute approximate surface area is 196 Å². The summed E-state index contributed by atoms with van der Waals surface area (Å²) in [6.07, 6.45) is -7.17. The number of pyridine rings is 2. The van der Waals surface area contributed by atoms with E-state index in [0.717, 1.165) is 17.0 Å². The van der Waals surface area contributed by atoms with Gasteiger partial charge in [0.1, 0.15) is 18.1 Å². The van der Waals surface area contributed by atoms with Crippen LogP contribution in [0.15, 0.2) is 47.1 Å². The van der Waals surface area contributed by atoms with Gasteiger partial charge in [-0.05, 0) is 31.2 Å². The highest BCUT2D eigenvalue weighted by atomic mass is 19.4. The number of hydrogen-bond donors (Lipinski definition) is 1. The molecule has 0 aliphatic carbocycles. The van der Waals surface area contributed by atoms with Gasteiger partial charge in [-0.2, -0.15) is 22.0 Å². The Hall–Kier alpha value is -3.61. The molecular weight excluding hydrogens is 477 g/mol. The first-order valence-corrected chi connectivity index (χ1v) is 10.5. The zero-order chi connectivity index (χ0) is 25.4. The van der Waals surface area contributed by atoms with Crippen LogP contribution in [0.1, 0.15) is 28.9 Å². The maximum absolute atomic E-state index is 14.3. The van der Waals surface area contributed by atoms with Crippen LogP contribution in [-0.2, 0) is 10.9 Å². The fourth-order valence-corrected chi connectivity index (χ4v) is 3.71. The molecule has 3 aromatic rings. The first kappa shape index (κ1) is 24.5. The number of nitrogens with zero attached hydrogens (tertiary/aromatic N) is 4. The zero-order valence-corrected chi connectivity index (χ0v) is 18.5. The van der Waals surface area contributed by atoms with Crippen LogP contribution in [-0.4, -0.2) is 57.1 Å². The summed E-state index contributed by atoms with van der Waals surface area (Å²) in [7, 11) is 0. The van der Waals surface area contributed by atoms with Gasteiger partial charge in [0.05, 0.1) is 17.7 Å². The molecule has 0 aromatic carbocycles. The molecule has 8 nitrogen and oxygen atoms in total. The molecule has 0 saturated carbocycles. The quantitative estimate of drug-likeness (QED) is 0.523. The second kappa shape index (κ2) is 9.21. The third-order valence-corrected chi connectivity index (χ3v) is 5.33. The molecule has 2 atom stereocenters. The minimum atomic E-state index is -4.55. The molecule has 3 aromatic heterocycles. The highest BCUT2D eigenvalue weighted by molar-refractivity contribution is 5.97. The van der Waals surface area contributed by atoms with Gasteiger partial charge in [0.15, 0.2) is 17.3 Å². The summed E-state index contributed by atoms with van der Waals surface area (Å²) in [4.78, 5) is 26.3. The SMILES string of the molecule is Cc1nc(C(=O)N2CC(F)(F)O[C@@H](C)[C@H]2CNc2ccc(C(F)(F)F)cn2)c(-c2ccccn2)o1. The molecule has 4 heterocycles. The molecule has 0 radical (unpaired) electrons. The van der Waals surface area contributed by atoms with Gasteiger partial charge in [0.2, 0.25) is 0 Å². The molecule has 13 heteroatoms. The van der Waals surface area contributed by atoms with Crippen LogP contribution in [0.25, 0.3) is 11.5 Å². The zero-order valence-electron chi connectivity index (χ0n) is 18.5. The molecule has 1 saturated heterocycles. The lowest BCUT2D eigenvalue weighted by Gasteiger charge is -2.43. The van der Waals surface area contributed by atoms with Gasteiger partial charge in [-0.15, -0.1) is 0 Å². The van der Waals surface area contributed by atoms with E-state index in [1.165, 1.54) is 20.0 Å². The van der Waals surface area contributed by atoms with E-state index < -0.39 is 42.4 Å². The average molecular weight is 497 g/mol. The number of carbonyl (C=O) groups excluding carboxylic acids is 1. The van der Waals surface area contributed by atoms with Crippen LogP contribution in [0, 0.1) is 6.92 Å². The molecule has 35 heavy (non-hydrogen) atoms. The Morgan fingerprint density at radius 2 is 2.00 bits per heavy atom. The number of halogens is 5. The fraction of sp³-hybridized carbons (Fsp3) is 0.364. The predicted octanol–water partition coefficient (Wildman–Crippen LogP) is 4.39. The number of carbonyl (C=O) groups is 1. The highest BCUT2D eigenvalue weighted by Gasteiger charge is 2.48. The van der Waals surface area contributed by atoms with E-state index in [1.54, 1.807) is 18.2 Å². The minimum Gasteiger partial charge on any atom is -0.438 e. The van der Waals surface area contributed by atoms with Crippen molar-refractivity contribution in [3.8, 4) is 11.5 Å². The van der Waals surface area contributed by atoms with E-state index in [9.17, 15) is 26.7 Å². The van der Waals surface area contributed by atoms with Crippen LogP contribution in [0.5, 0.6) is 0 Å². The van der Waals surface area contributed by atoms with Gasteiger partial charge in [0.25, 0.3) is 5.91 Å². The predicted molar refractivity (Wildman–Crippen MR) is 113 cm³/mol. The summed E-state index contributed by atoms with van der Waals surface area (Å²) in [5.41, 5.74) is -0.825. The summed E-state index contributed by atoms with van der Waals surface area (Å²) in [5.74, 6) is -0.580. The first-order valence-electron chi connectivity index (χ1n) is 10.5. The largest absolute Gasteiger partial charge is 0.438 e. The van der Waals surface area contributed by atoms with Crippen molar-refractivity contribution in [3.05, 3.63) is 59.9 Å². The summed E-state index contributed by atoms with van der Waals surface area (Å²) in [6.45, 7) is 1.69. The number of ether oxygens (including phenoxy) is 1. The molecular formula is C22H20F5N5O3. The van der Waals surface area contributed by atoms with Crippen molar-refractivity contribution in [2.75, 3.05) is 18.4 Å². The third kappa shape index (κ3) is 5.39. The number of aromatic nitrogens is 3. The lowest BCUT2D eigenvalue weighted by molar-refractivity contribution is -0.298. The monoisotopic (exact) mass is 497 g/mol. The van der Waals surface area contributed by atoms with Gasteiger partial charge >= 0.3 is 12.3 Å². The van der Waals surface area contributed by atoms with Crippen LogP contribution in [0.2, 0.25) is 0 Å². The molecule has 0 bridgehead atoms. The number of nitrogens with one attached hydrogen (secondary N) is 1. The number of morpholine rings is 1. The number of amides is 1. The molecule has 1 N–H and O–H groups in total. The molecule has 1 fully saturated rings. The maximum atomic E-state index is 14.3. The topological polar surface area (TPSA) is 93.4 Å². The normalized spacial score (nSPS) is 20.0. The van der Waals surface area contributed by atoms with E-state index in [1.807, 2.05) is 0 Å². The van der Waals surface area contributed by atoms with Crippen molar-refractivity contribution in [2.45, 2.75) is 38.3 Å². The van der Waals surface area contributed by atoms with E-state index in [2.05, 4.69) is 20.3 Å². The number of rotatable bonds is 5. The molecule has 1 amide bonds. The van der Waals surface area contributed by atoms with Crippen molar-refractivity contribution < 1.29 is 35.9 Å². The van der Waals surface area contributed by atoms with Gasteiger partial charge < -0.3 is 19.4 Å². The van der Waals surface area contributed by atoms with Crippen molar-refractivity contribution >= 4 is 11.7 Å². The Kier molecular flexibility index (Phi) is 6.45. The second-order valence-corrected chi connectivity index (χ2v) is 7.90. The Balaban J connectivity index is 1.60. The minimum absolute atomic E-state index is 0.0340. The van der Waals surface area contributed by atoms with Crippen molar-refractivity contribution in [1.29, 1.82) is 0 Å². The molecule has 186 valence electrons. The number of hydrogen-bond acceptors (Lipinski definition) is 7. The smallest absolute Gasteiger partial charge is 0.417 e. The van der Waals surface area contributed by atoms with Crippen molar-refractivity contribution in [3.63, 3.8) is 0 Å². The number of anilines is 1. The summed E-state index contributed by atoms with van der Waals surface area (Å²) in [6, 6.07) is 5.93. The van der Waals surface area contributed by atoms with Gasteiger partial charge in [-0.25, -0.2) is 9.97 Å². The highest BCUT2D eigenvalue weighted by Crippen LogP contribution is 2.33. The Morgan fingerprint density at radius 1 is 1.23 bits per heavy atom. The summed E-state index contributed by atoms with van der Waals surface area (Å²) in [5, 5.41) is 2.79. The number of alkyl halides is 5. The van der Waals surface area contributed by atoms with Crippen molar-refractivity contribution in [2.24, 2.45) is 0 Å². The molecule has 0 spiro atoms. The lowest BCUT2D eigenvalue weighted by Crippen LogP contribution is -2.61. The van der Waals surface area contributed by atoms with Crippen LogP contribution >= 0.6 is 0 Å². The first-order chi connectivity index (χ1) is 16.4. The molecule has 4 rings (SSSR count). The van der Waals surface area contributed by atoms with Gasteiger partial charge in [0, 0.05) is 25.9 Å². The maximum Gasteiger partial charge on any atom is 0.417 e. The van der Waals surface area contributed by atoms with E-state index >= 15 is 0 Å². The van der Waals surface area contributed by atoms with E-state index in [0.29, 0.717) is 11.9 Å². The summed E-state index contributed by atoms with van der Waals surface area (Å²) < 4.78 is 77.2. The van der Waals surface area contributed by atoms with Gasteiger partial charge in [-0.3, -0.25) is 9.78 Å². The summed E-state index contributed by atoms with van der Waals surface area (Å²) >= 11 is 0. The van der Waals surface area contributed by atoms with Crippen molar-refractivity contribution in [1.82, 2.24) is 19.9 Å². The van der Waals surface area contributed by atoms with Crippen LogP contribution in [0.4, 0.5) is 27.8 Å². The molecule has 1 aliphatic rings. The average Bonchev–Trinajstić information content (AvgIpc) is 3.19. The Morgan fingerprint density at radius 3 is 2.63 bits per heavy atom. The van der Waals surface area contributed by atoms with Crippen LogP contribution in [0.3, 0.4) is 0 Å². The number of oxazole rings is 1. The molecule has 0 unspecified atom stereocenters. The Bertz CT molecular complexity index is 1180. The second-order valence-electron chi connectivity index (χ2n) is 7.90. The van der Waals surface area contributed by atoms with E-state index in [-0.39, 0.29) is 29.7 Å². The lowest BCUT2D eigenvalue weighted by atomic mass is 10.1. The number of aryl methyl sites for hydroxylation is 1. The third-order valence-electron chi connectivity index (χ3n) is 5.33. The van der Waals surface area contributed by atoms with Gasteiger partial charge in [-0.1, -0.05) is 6.07 Å².